The van der Waals surface area contributed by atoms with E-state index in [9.17, 15) is 4.79 Å². The first-order valence-electron chi connectivity index (χ1n) is 6.75. The molecule has 1 aliphatic heterocycles. The standard InChI is InChI=1S/C14H25N3O/c1-11(8-15)10-17(4)13(18)14(2,3)12-6-5-7-16-9-12/h11-12,16H,5-7,9-10H2,1-4H3. The number of nitrogens with one attached hydrogen (secondary N) is 1. The first kappa shape index (κ1) is 15.0. The topological polar surface area (TPSA) is 56.1 Å². The van der Waals surface area contributed by atoms with Crippen LogP contribution in [0.2, 0.25) is 0 Å². The second-order valence-electron chi connectivity index (χ2n) is 5.98. The third-order valence-corrected chi connectivity index (χ3v) is 3.98. The quantitative estimate of drug-likeness (QED) is 0.826. The van der Waals surface area contributed by atoms with Gasteiger partial charge in [-0.3, -0.25) is 4.79 Å². The van der Waals surface area contributed by atoms with Gasteiger partial charge in [0.05, 0.1) is 12.0 Å². The Kier molecular flexibility index (Phi) is 5.15. The van der Waals surface area contributed by atoms with Gasteiger partial charge in [0.15, 0.2) is 0 Å². The van der Waals surface area contributed by atoms with Crippen LogP contribution in [0.5, 0.6) is 0 Å². The molecule has 1 N–H and O–H groups in total. The lowest BCUT2D eigenvalue weighted by Crippen LogP contribution is -2.48. The molecule has 1 saturated heterocycles. The van der Waals surface area contributed by atoms with Gasteiger partial charge in [-0.1, -0.05) is 13.8 Å². The van der Waals surface area contributed by atoms with Crippen LogP contribution in [0.1, 0.15) is 33.6 Å². The number of carbonyl (C=O) groups excluding carboxylic acids is 1. The fourth-order valence-corrected chi connectivity index (χ4v) is 2.67. The average Bonchev–Trinajstić information content (AvgIpc) is 2.38. The van der Waals surface area contributed by atoms with Crippen molar-refractivity contribution in [3.05, 3.63) is 0 Å². The third kappa shape index (κ3) is 3.46. The van der Waals surface area contributed by atoms with Gasteiger partial charge in [-0.2, -0.15) is 5.26 Å². The van der Waals surface area contributed by atoms with E-state index < -0.39 is 0 Å². The minimum atomic E-state index is -0.350. The molecule has 1 amide bonds. The summed E-state index contributed by atoms with van der Waals surface area (Å²) in [4.78, 5) is 14.2. The van der Waals surface area contributed by atoms with E-state index in [1.807, 2.05) is 20.8 Å². The van der Waals surface area contributed by atoms with Crippen molar-refractivity contribution in [3.8, 4) is 6.07 Å². The van der Waals surface area contributed by atoms with E-state index in [0.29, 0.717) is 12.5 Å². The molecule has 4 nitrogen and oxygen atoms in total. The summed E-state index contributed by atoms with van der Waals surface area (Å²) in [5, 5.41) is 12.2. The van der Waals surface area contributed by atoms with Gasteiger partial charge in [-0.25, -0.2) is 0 Å². The van der Waals surface area contributed by atoms with Gasteiger partial charge in [-0.15, -0.1) is 0 Å². The maximum Gasteiger partial charge on any atom is 0.228 e. The third-order valence-electron chi connectivity index (χ3n) is 3.98. The molecule has 1 rings (SSSR count). The number of piperidine rings is 1. The minimum absolute atomic E-state index is 0.112. The molecule has 0 spiro atoms. The number of carbonyl (C=O) groups is 1. The summed E-state index contributed by atoms with van der Waals surface area (Å²) >= 11 is 0. The van der Waals surface area contributed by atoms with Crippen molar-refractivity contribution in [3.63, 3.8) is 0 Å². The zero-order valence-electron chi connectivity index (χ0n) is 12.0. The number of hydrogen-bond acceptors (Lipinski definition) is 3. The number of nitrogens with zero attached hydrogens (tertiary/aromatic N) is 2. The van der Waals surface area contributed by atoms with E-state index in [4.69, 9.17) is 5.26 Å². The lowest BCUT2D eigenvalue weighted by Gasteiger charge is -2.38. The molecule has 0 radical (unpaired) electrons. The average molecular weight is 251 g/mol. The highest BCUT2D eigenvalue weighted by Crippen LogP contribution is 2.33. The fourth-order valence-electron chi connectivity index (χ4n) is 2.67. The van der Waals surface area contributed by atoms with Crippen LogP contribution in [0.4, 0.5) is 0 Å². The van der Waals surface area contributed by atoms with Crippen LogP contribution in [-0.4, -0.2) is 37.5 Å². The Morgan fingerprint density at radius 2 is 2.28 bits per heavy atom. The molecule has 0 saturated carbocycles. The van der Waals surface area contributed by atoms with Gasteiger partial charge in [0.1, 0.15) is 0 Å². The molecule has 0 aliphatic carbocycles. The largest absolute Gasteiger partial charge is 0.344 e. The van der Waals surface area contributed by atoms with Crippen LogP contribution in [-0.2, 0) is 4.79 Å². The van der Waals surface area contributed by atoms with Gasteiger partial charge in [0.2, 0.25) is 5.91 Å². The van der Waals surface area contributed by atoms with Crippen LogP contribution < -0.4 is 5.32 Å². The predicted octanol–water partition coefficient (Wildman–Crippen LogP) is 1.63. The Balaban J connectivity index is 2.65. The van der Waals surface area contributed by atoms with Crippen LogP contribution in [0, 0.1) is 28.6 Å². The molecule has 0 aromatic carbocycles. The second-order valence-corrected chi connectivity index (χ2v) is 5.98. The van der Waals surface area contributed by atoms with Crippen molar-refractivity contribution in [2.45, 2.75) is 33.6 Å². The molecule has 2 unspecified atom stereocenters. The molecular weight excluding hydrogens is 226 g/mol. The van der Waals surface area contributed by atoms with Crippen LogP contribution in [0.25, 0.3) is 0 Å². The Bertz CT molecular complexity index is 326. The fraction of sp³-hybridized carbons (Fsp3) is 0.857. The van der Waals surface area contributed by atoms with Crippen LogP contribution in [0.3, 0.4) is 0 Å². The maximum atomic E-state index is 12.5. The normalized spacial score (nSPS) is 22.1. The zero-order valence-corrected chi connectivity index (χ0v) is 12.0. The number of rotatable bonds is 4. The van der Waals surface area contributed by atoms with Crippen molar-refractivity contribution in [1.82, 2.24) is 10.2 Å². The summed E-state index contributed by atoms with van der Waals surface area (Å²) in [5.74, 6) is 0.427. The predicted molar refractivity (Wildman–Crippen MR) is 71.8 cm³/mol. The molecule has 1 aliphatic rings. The Morgan fingerprint density at radius 3 is 2.78 bits per heavy atom. The summed E-state index contributed by atoms with van der Waals surface area (Å²) in [6.07, 6.45) is 2.24. The molecule has 1 fully saturated rings. The molecule has 2 atom stereocenters. The van der Waals surface area contributed by atoms with E-state index in [1.165, 1.54) is 0 Å². The Morgan fingerprint density at radius 1 is 1.61 bits per heavy atom. The van der Waals surface area contributed by atoms with Crippen LogP contribution >= 0.6 is 0 Å². The molecular formula is C14H25N3O. The summed E-state index contributed by atoms with van der Waals surface area (Å²) in [6, 6.07) is 2.18. The highest BCUT2D eigenvalue weighted by molar-refractivity contribution is 5.82. The van der Waals surface area contributed by atoms with E-state index in [-0.39, 0.29) is 17.2 Å². The van der Waals surface area contributed by atoms with Crippen LogP contribution in [0.15, 0.2) is 0 Å². The van der Waals surface area contributed by atoms with Gasteiger partial charge < -0.3 is 10.2 Å². The van der Waals surface area contributed by atoms with Gasteiger partial charge in [0, 0.05) is 19.0 Å². The van der Waals surface area contributed by atoms with Gasteiger partial charge >= 0.3 is 0 Å². The summed E-state index contributed by atoms with van der Waals surface area (Å²) in [6.45, 7) is 8.39. The van der Waals surface area contributed by atoms with Crippen molar-refractivity contribution >= 4 is 5.91 Å². The summed E-state index contributed by atoms with van der Waals surface area (Å²) < 4.78 is 0. The van der Waals surface area contributed by atoms with E-state index in [2.05, 4.69) is 11.4 Å². The second kappa shape index (κ2) is 6.19. The SMILES string of the molecule is CC(C#N)CN(C)C(=O)C(C)(C)C1CCCNC1. The van der Waals surface area contributed by atoms with Crippen molar-refractivity contribution < 1.29 is 4.79 Å². The van der Waals surface area contributed by atoms with Gasteiger partial charge in [-0.05, 0) is 38.8 Å². The zero-order chi connectivity index (χ0) is 13.8. The van der Waals surface area contributed by atoms with E-state index in [0.717, 1.165) is 25.9 Å². The maximum absolute atomic E-state index is 12.5. The van der Waals surface area contributed by atoms with E-state index in [1.54, 1.807) is 11.9 Å². The lowest BCUT2D eigenvalue weighted by molar-refractivity contribution is -0.142. The van der Waals surface area contributed by atoms with Crippen molar-refractivity contribution in [2.24, 2.45) is 17.3 Å². The smallest absolute Gasteiger partial charge is 0.228 e. The first-order valence-corrected chi connectivity index (χ1v) is 6.75. The molecule has 4 heteroatoms. The highest BCUT2D eigenvalue weighted by atomic mass is 16.2. The molecule has 102 valence electrons. The lowest BCUT2D eigenvalue weighted by atomic mass is 9.74. The van der Waals surface area contributed by atoms with Gasteiger partial charge in [0.25, 0.3) is 0 Å². The van der Waals surface area contributed by atoms with Crippen molar-refractivity contribution in [2.75, 3.05) is 26.7 Å². The molecule has 0 bridgehead atoms. The molecule has 18 heavy (non-hydrogen) atoms. The number of nitriles is 1. The molecule has 0 aromatic heterocycles. The minimum Gasteiger partial charge on any atom is -0.344 e. The monoisotopic (exact) mass is 251 g/mol. The van der Waals surface area contributed by atoms with E-state index >= 15 is 0 Å². The summed E-state index contributed by atoms with van der Waals surface area (Å²) in [7, 11) is 1.80. The summed E-state index contributed by atoms with van der Waals surface area (Å²) in [5.41, 5.74) is -0.350. The first-order chi connectivity index (χ1) is 8.39. The molecule has 1 heterocycles. The number of amides is 1. The van der Waals surface area contributed by atoms with Crippen molar-refractivity contribution in [1.29, 1.82) is 5.26 Å². The molecule has 0 aromatic rings. The number of hydrogen-bond donors (Lipinski definition) is 1. The highest BCUT2D eigenvalue weighted by Gasteiger charge is 2.39. The Labute approximate surface area is 110 Å². The Hall–Kier alpha value is -1.08.